The lowest BCUT2D eigenvalue weighted by Gasteiger charge is -2.17. The first kappa shape index (κ1) is 9.85. The van der Waals surface area contributed by atoms with Crippen molar-refractivity contribution < 1.29 is 9.50 Å². The number of aliphatic hydroxyl groups excluding tert-OH is 1. The molecule has 0 spiro atoms. The molecule has 1 aromatic heterocycles. The SMILES string of the molecule is CC(O)C1(c2c[nH]c3cccc(F)c23)CC1. The third-order valence-corrected chi connectivity index (χ3v) is 3.78. The van der Waals surface area contributed by atoms with Gasteiger partial charge in [-0.25, -0.2) is 4.39 Å². The number of aromatic nitrogens is 1. The highest BCUT2D eigenvalue weighted by atomic mass is 19.1. The van der Waals surface area contributed by atoms with Gasteiger partial charge in [0, 0.05) is 22.5 Å². The third-order valence-electron chi connectivity index (χ3n) is 3.78. The van der Waals surface area contributed by atoms with Crippen molar-refractivity contribution in [1.29, 1.82) is 0 Å². The van der Waals surface area contributed by atoms with Gasteiger partial charge in [-0.1, -0.05) is 6.07 Å². The van der Waals surface area contributed by atoms with E-state index in [1.54, 1.807) is 13.0 Å². The highest BCUT2D eigenvalue weighted by molar-refractivity contribution is 5.85. The van der Waals surface area contributed by atoms with E-state index in [9.17, 15) is 9.50 Å². The lowest BCUT2D eigenvalue weighted by Crippen LogP contribution is -2.22. The largest absolute Gasteiger partial charge is 0.392 e. The topological polar surface area (TPSA) is 36.0 Å². The second-order valence-electron chi connectivity index (χ2n) is 4.70. The van der Waals surface area contributed by atoms with E-state index >= 15 is 0 Å². The van der Waals surface area contributed by atoms with E-state index in [4.69, 9.17) is 0 Å². The Morgan fingerprint density at radius 1 is 1.44 bits per heavy atom. The number of nitrogens with one attached hydrogen (secondary N) is 1. The first-order valence-electron chi connectivity index (χ1n) is 5.59. The molecule has 2 aromatic rings. The van der Waals surface area contributed by atoms with Gasteiger partial charge < -0.3 is 10.1 Å². The minimum Gasteiger partial charge on any atom is -0.392 e. The van der Waals surface area contributed by atoms with Crippen LogP contribution in [0.3, 0.4) is 0 Å². The van der Waals surface area contributed by atoms with E-state index in [-0.39, 0.29) is 11.2 Å². The summed E-state index contributed by atoms with van der Waals surface area (Å²) in [6.45, 7) is 1.78. The third kappa shape index (κ3) is 1.15. The number of halogens is 1. The quantitative estimate of drug-likeness (QED) is 0.800. The number of aliphatic hydroxyl groups is 1. The van der Waals surface area contributed by atoms with Crippen LogP contribution in [0.4, 0.5) is 4.39 Å². The maximum atomic E-state index is 13.8. The van der Waals surface area contributed by atoms with Crippen LogP contribution >= 0.6 is 0 Å². The molecule has 1 aliphatic carbocycles. The Bertz CT molecular complexity index is 540. The number of rotatable bonds is 2. The molecule has 3 rings (SSSR count). The number of aromatic amines is 1. The standard InChI is InChI=1S/C13H14FNO/c1-8(16)13(5-6-13)9-7-15-11-4-2-3-10(14)12(9)11/h2-4,7-8,15-16H,5-6H2,1H3. The van der Waals surface area contributed by atoms with Gasteiger partial charge in [0.2, 0.25) is 0 Å². The molecule has 0 aliphatic heterocycles. The minimum absolute atomic E-state index is 0.208. The molecule has 1 saturated carbocycles. The van der Waals surface area contributed by atoms with E-state index < -0.39 is 6.10 Å². The fourth-order valence-corrected chi connectivity index (χ4v) is 2.58. The van der Waals surface area contributed by atoms with Crippen molar-refractivity contribution in [3.8, 4) is 0 Å². The van der Waals surface area contributed by atoms with Crippen LogP contribution in [0, 0.1) is 5.82 Å². The Balaban J connectivity index is 2.25. The number of fused-ring (bicyclic) bond motifs is 1. The van der Waals surface area contributed by atoms with Gasteiger partial charge in [0.15, 0.2) is 0 Å². The Kier molecular flexibility index (Phi) is 1.89. The van der Waals surface area contributed by atoms with Gasteiger partial charge in [-0.3, -0.25) is 0 Å². The number of hydrogen-bond donors (Lipinski definition) is 2. The summed E-state index contributed by atoms with van der Waals surface area (Å²) < 4.78 is 13.8. The fourth-order valence-electron chi connectivity index (χ4n) is 2.58. The summed E-state index contributed by atoms with van der Waals surface area (Å²) in [4.78, 5) is 3.08. The molecule has 2 nitrogen and oxygen atoms in total. The molecule has 0 saturated heterocycles. The highest BCUT2D eigenvalue weighted by Crippen LogP contribution is 2.53. The molecule has 3 heteroatoms. The molecule has 16 heavy (non-hydrogen) atoms. The van der Waals surface area contributed by atoms with Crippen molar-refractivity contribution in [2.24, 2.45) is 0 Å². The Labute approximate surface area is 93.1 Å². The average Bonchev–Trinajstić information content (AvgIpc) is 2.94. The van der Waals surface area contributed by atoms with E-state index in [0.29, 0.717) is 5.39 Å². The van der Waals surface area contributed by atoms with Gasteiger partial charge in [0.1, 0.15) is 5.82 Å². The molecule has 1 unspecified atom stereocenters. The van der Waals surface area contributed by atoms with Crippen molar-refractivity contribution in [2.75, 3.05) is 0 Å². The first-order valence-corrected chi connectivity index (χ1v) is 5.59. The van der Waals surface area contributed by atoms with E-state index in [1.807, 2.05) is 12.3 Å². The van der Waals surface area contributed by atoms with Gasteiger partial charge in [-0.05, 0) is 37.5 Å². The van der Waals surface area contributed by atoms with Crippen molar-refractivity contribution in [1.82, 2.24) is 4.98 Å². The van der Waals surface area contributed by atoms with Crippen LogP contribution in [0.15, 0.2) is 24.4 Å². The Morgan fingerprint density at radius 2 is 2.19 bits per heavy atom. The van der Waals surface area contributed by atoms with Crippen LogP contribution in [0.25, 0.3) is 10.9 Å². The second-order valence-corrected chi connectivity index (χ2v) is 4.70. The summed E-state index contributed by atoms with van der Waals surface area (Å²) in [6.07, 6.45) is 3.29. The van der Waals surface area contributed by atoms with E-state index in [1.165, 1.54) is 6.07 Å². The summed E-state index contributed by atoms with van der Waals surface area (Å²) in [5, 5.41) is 10.5. The zero-order chi connectivity index (χ0) is 11.3. The van der Waals surface area contributed by atoms with Crippen LogP contribution < -0.4 is 0 Å². The predicted molar refractivity (Wildman–Crippen MR) is 60.8 cm³/mol. The molecule has 0 radical (unpaired) electrons. The van der Waals surface area contributed by atoms with Crippen LogP contribution in [0.2, 0.25) is 0 Å². The molecule has 2 N–H and O–H groups in total. The Morgan fingerprint density at radius 3 is 2.81 bits per heavy atom. The van der Waals surface area contributed by atoms with Gasteiger partial charge in [0.25, 0.3) is 0 Å². The normalized spacial score (nSPS) is 19.9. The van der Waals surface area contributed by atoms with Crippen LogP contribution in [-0.2, 0) is 5.41 Å². The molecular weight excluding hydrogens is 205 g/mol. The second kappa shape index (κ2) is 3.08. The Hall–Kier alpha value is -1.35. The average molecular weight is 219 g/mol. The molecule has 84 valence electrons. The van der Waals surface area contributed by atoms with Crippen LogP contribution in [-0.4, -0.2) is 16.2 Å². The van der Waals surface area contributed by atoms with Crippen molar-refractivity contribution >= 4 is 10.9 Å². The van der Waals surface area contributed by atoms with Crippen molar-refractivity contribution in [2.45, 2.75) is 31.3 Å². The fraction of sp³-hybridized carbons (Fsp3) is 0.385. The maximum absolute atomic E-state index is 13.8. The first-order chi connectivity index (χ1) is 7.65. The molecule has 1 aromatic carbocycles. The smallest absolute Gasteiger partial charge is 0.132 e. The summed E-state index contributed by atoms with van der Waals surface area (Å²) >= 11 is 0. The van der Waals surface area contributed by atoms with Crippen LogP contribution in [0.1, 0.15) is 25.3 Å². The molecule has 1 aliphatic rings. The highest BCUT2D eigenvalue weighted by Gasteiger charge is 2.50. The molecule has 1 heterocycles. The number of hydrogen-bond acceptors (Lipinski definition) is 1. The van der Waals surface area contributed by atoms with Crippen molar-refractivity contribution in [3.05, 3.63) is 35.8 Å². The molecular formula is C13H14FNO. The van der Waals surface area contributed by atoms with Gasteiger partial charge in [-0.2, -0.15) is 0 Å². The summed E-state index contributed by atoms with van der Waals surface area (Å²) in [6, 6.07) is 5.03. The van der Waals surface area contributed by atoms with E-state index in [0.717, 1.165) is 23.9 Å². The molecule has 1 fully saturated rings. The number of benzene rings is 1. The van der Waals surface area contributed by atoms with Gasteiger partial charge in [0.05, 0.1) is 6.10 Å². The zero-order valence-electron chi connectivity index (χ0n) is 9.13. The number of H-pyrrole nitrogens is 1. The monoisotopic (exact) mass is 219 g/mol. The van der Waals surface area contributed by atoms with E-state index in [2.05, 4.69) is 4.98 Å². The lowest BCUT2D eigenvalue weighted by molar-refractivity contribution is 0.151. The van der Waals surface area contributed by atoms with Gasteiger partial charge >= 0.3 is 0 Å². The summed E-state index contributed by atoms with van der Waals surface area (Å²) in [5.74, 6) is -0.208. The molecule has 0 bridgehead atoms. The summed E-state index contributed by atoms with van der Waals surface area (Å²) in [5.41, 5.74) is 1.51. The lowest BCUT2D eigenvalue weighted by atomic mass is 9.90. The summed E-state index contributed by atoms with van der Waals surface area (Å²) in [7, 11) is 0. The molecule has 0 amide bonds. The van der Waals surface area contributed by atoms with Crippen molar-refractivity contribution in [3.63, 3.8) is 0 Å². The zero-order valence-corrected chi connectivity index (χ0v) is 9.13. The van der Waals surface area contributed by atoms with Crippen LogP contribution in [0.5, 0.6) is 0 Å². The molecule has 1 atom stereocenters. The predicted octanol–water partition coefficient (Wildman–Crippen LogP) is 2.72. The maximum Gasteiger partial charge on any atom is 0.132 e. The minimum atomic E-state index is -0.425. The van der Waals surface area contributed by atoms with Gasteiger partial charge in [-0.15, -0.1) is 0 Å².